The van der Waals surface area contributed by atoms with E-state index in [0.717, 1.165) is 48.8 Å². The third-order valence-electron chi connectivity index (χ3n) is 6.45. The number of aromatic nitrogens is 2. The molecule has 2 aromatic rings. The van der Waals surface area contributed by atoms with Gasteiger partial charge in [-0.25, -0.2) is 4.98 Å². The maximum atomic E-state index is 10.9. The largest absolute Gasteiger partial charge is 0.396 e. The fraction of sp³-hybridized carbons (Fsp3) is 0.565. The zero-order chi connectivity index (χ0) is 20.4. The van der Waals surface area contributed by atoms with Gasteiger partial charge in [-0.15, -0.1) is 0 Å². The van der Waals surface area contributed by atoms with Gasteiger partial charge in [0.15, 0.2) is 0 Å². The summed E-state index contributed by atoms with van der Waals surface area (Å²) in [5.41, 5.74) is 2.96. The molecule has 1 fully saturated rings. The number of anilines is 2. The van der Waals surface area contributed by atoms with Gasteiger partial charge in [-0.2, -0.15) is 4.98 Å². The summed E-state index contributed by atoms with van der Waals surface area (Å²) in [5.74, 6) is 1.74. The van der Waals surface area contributed by atoms with E-state index >= 15 is 0 Å². The number of hydrogen-bond acceptors (Lipinski definition) is 6. The summed E-state index contributed by atoms with van der Waals surface area (Å²) in [6, 6.07) is 10.2. The van der Waals surface area contributed by atoms with Gasteiger partial charge in [0.25, 0.3) is 0 Å². The third kappa shape index (κ3) is 3.96. The van der Waals surface area contributed by atoms with Crippen molar-refractivity contribution in [3.63, 3.8) is 0 Å². The molecule has 1 aromatic heterocycles. The minimum Gasteiger partial charge on any atom is -0.396 e. The van der Waals surface area contributed by atoms with Crippen LogP contribution in [0.4, 0.5) is 11.8 Å². The molecule has 1 saturated heterocycles. The van der Waals surface area contributed by atoms with Gasteiger partial charge in [0.05, 0.1) is 18.4 Å². The van der Waals surface area contributed by atoms with Crippen molar-refractivity contribution in [3.8, 4) is 0 Å². The molecule has 4 rings (SSSR count). The van der Waals surface area contributed by atoms with Gasteiger partial charge in [-0.3, -0.25) is 0 Å². The van der Waals surface area contributed by atoms with Crippen LogP contribution in [0.5, 0.6) is 0 Å². The predicted molar refractivity (Wildman–Crippen MR) is 116 cm³/mol. The lowest BCUT2D eigenvalue weighted by atomic mass is 9.73. The van der Waals surface area contributed by atoms with Crippen molar-refractivity contribution in [1.82, 2.24) is 9.97 Å². The van der Waals surface area contributed by atoms with Gasteiger partial charge in [-0.1, -0.05) is 30.3 Å². The molecule has 2 N–H and O–H groups in total. The number of fused-ring (bicyclic) bond motifs is 1. The van der Waals surface area contributed by atoms with Gasteiger partial charge in [0.1, 0.15) is 5.82 Å². The number of aliphatic hydroxyl groups is 2. The molecule has 0 bridgehead atoms. The Labute approximate surface area is 173 Å². The van der Waals surface area contributed by atoms with Crippen LogP contribution in [-0.4, -0.2) is 60.1 Å². The second-order valence-electron chi connectivity index (χ2n) is 8.78. The zero-order valence-electron chi connectivity index (χ0n) is 17.5. The Kier molecular flexibility index (Phi) is 5.74. The second-order valence-corrected chi connectivity index (χ2v) is 8.78. The monoisotopic (exact) mass is 396 g/mol. The Bertz CT molecular complexity index is 842. The molecule has 6 heteroatoms. The molecule has 1 aliphatic heterocycles. The van der Waals surface area contributed by atoms with E-state index in [1.807, 2.05) is 37.2 Å². The molecule has 0 spiro atoms. The fourth-order valence-corrected chi connectivity index (χ4v) is 4.74. The van der Waals surface area contributed by atoms with Crippen molar-refractivity contribution in [2.75, 3.05) is 43.6 Å². The molecule has 1 aliphatic carbocycles. The van der Waals surface area contributed by atoms with Crippen LogP contribution in [-0.2, 0) is 19.3 Å². The summed E-state index contributed by atoms with van der Waals surface area (Å²) < 4.78 is 0. The number of rotatable bonds is 5. The first-order valence-corrected chi connectivity index (χ1v) is 10.7. The molecule has 2 heterocycles. The van der Waals surface area contributed by atoms with Crippen molar-refractivity contribution >= 4 is 11.8 Å². The molecule has 0 amide bonds. The van der Waals surface area contributed by atoms with E-state index in [-0.39, 0.29) is 6.61 Å². The van der Waals surface area contributed by atoms with Crippen molar-refractivity contribution in [2.45, 2.75) is 44.6 Å². The van der Waals surface area contributed by atoms with Crippen molar-refractivity contribution in [2.24, 2.45) is 5.41 Å². The molecule has 1 aromatic carbocycles. The Morgan fingerprint density at radius 3 is 2.62 bits per heavy atom. The molecule has 0 unspecified atom stereocenters. The molecule has 0 saturated carbocycles. The van der Waals surface area contributed by atoms with Crippen LogP contribution < -0.4 is 9.80 Å². The number of benzene rings is 1. The van der Waals surface area contributed by atoms with E-state index in [2.05, 4.69) is 17.0 Å². The van der Waals surface area contributed by atoms with Crippen LogP contribution in [0.1, 0.15) is 36.1 Å². The third-order valence-corrected chi connectivity index (χ3v) is 6.45. The van der Waals surface area contributed by atoms with Gasteiger partial charge < -0.3 is 20.0 Å². The van der Waals surface area contributed by atoms with Crippen molar-refractivity contribution in [3.05, 3.63) is 47.2 Å². The molecule has 2 atom stereocenters. The molecular formula is C23H32N4O2. The number of aliphatic hydroxyl groups excluding tert-OH is 2. The highest BCUT2D eigenvalue weighted by atomic mass is 16.3. The first kappa shape index (κ1) is 20.1. The Morgan fingerprint density at radius 1 is 1.14 bits per heavy atom. The van der Waals surface area contributed by atoms with Crippen LogP contribution in [0, 0.1) is 5.41 Å². The highest BCUT2D eigenvalue weighted by Gasteiger charge is 2.43. The summed E-state index contributed by atoms with van der Waals surface area (Å²) in [5, 5.41) is 21.3. The highest BCUT2D eigenvalue weighted by Crippen LogP contribution is 2.38. The average molecular weight is 397 g/mol. The summed E-state index contributed by atoms with van der Waals surface area (Å²) in [6.07, 6.45) is 5.08. The van der Waals surface area contributed by atoms with Crippen LogP contribution in [0.25, 0.3) is 0 Å². The lowest BCUT2D eigenvalue weighted by molar-refractivity contribution is -0.0293. The summed E-state index contributed by atoms with van der Waals surface area (Å²) in [6.45, 7) is 1.29. The maximum absolute atomic E-state index is 10.9. The van der Waals surface area contributed by atoms with Gasteiger partial charge in [0, 0.05) is 38.2 Å². The van der Waals surface area contributed by atoms with E-state index < -0.39 is 11.5 Å². The molecule has 6 nitrogen and oxygen atoms in total. The molecular weight excluding hydrogens is 364 g/mol. The van der Waals surface area contributed by atoms with E-state index in [1.54, 1.807) is 0 Å². The van der Waals surface area contributed by atoms with Gasteiger partial charge >= 0.3 is 0 Å². The van der Waals surface area contributed by atoms with Gasteiger partial charge in [0.2, 0.25) is 5.95 Å². The molecule has 156 valence electrons. The molecule has 2 aliphatic rings. The first-order chi connectivity index (χ1) is 14.0. The highest BCUT2D eigenvalue weighted by molar-refractivity contribution is 5.54. The van der Waals surface area contributed by atoms with Crippen LogP contribution in [0.2, 0.25) is 0 Å². The minimum absolute atomic E-state index is 0.0482. The van der Waals surface area contributed by atoms with Crippen LogP contribution in [0.15, 0.2) is 30.3 Å². The quantitative estimate of drug-likeness (QED) is 0.807. The second kappa shape index (κ2) is 8.28. The van der Waals surface area contributed by atoms with E-state index in [4.69, 9.17) is 9.97 Å². The molecule has 29 heavy (non-hydrogen) atoms. The summed E-state index contributed by atoms with van der Waals surface area (Å²) >= 11 is 0. The summed E-state index contributed by atoms with van der Waals surface area (Å²) in [7, 11) is 3.95. The standard InChI is InChI=1S/C23H32N4O2/c1-26(2)22-24-19-11-7-6-10-18(19)21(25-22)27-13-12-20(29)23(15-27,16-28)14-17-8-4-3-5-9-17/h3-5,8-9,20,28-29H,6-7,10-16H2,1-2H3/t20-,23+/m0/s1. The normalized spacial score (nSPS) is 24.3. The topological polar surface area (TPSA) is 72.7 Å². The summed E-state index contributed by atoms with van der Waals surface area (Å²) in [4.78, 5) is 14.0. The number of nitrogens with zero attached hydrogens (tertiary/aromatic N) is 4. The van der Waals surface area contributed by atoms with Gasteiger partial charge in [-0.05, 0) is 44.1 Å². The predicted octanol–water partition coefficient (Wildman–Crippen LogP) is 2.21. The van der Waals surface area contributed by atoms with E-state index in [1.165, 1.54) is 12.0 Å². The zero-order valence-corrected chi connectivity index (χ0v) is 17.5. The smallest absolute Gasteiger partial charge is 0.227 e. The lowest BCUT2D eigenvalue weighted by Crippen LogP contribution is -2.55. The Hall–Kier alpha value is -2.18. The first-order valence-electron chi connectivity index (χ1n) is 10.7. The van der Waals surface area contributed by atoms with E-state index in [9.17, 15) is 10.2 Å². The lowest BCUT2D eigenvalue weighted by Gasteiger charge is -2.46. The minimum atomic E-state index is -0.593. The van der Waals surface area contributed by atoms with Crippen LogP contribution >= 0.6 is 0 Å². The van der Waals surface area contributed by atoms with Crippen LogP contribution in [0.3, 0.4) is 0 Å². The SMILES string of the molecule is CN(C)c1nc2c(c(N3CC[C@H](O)[C@](CO)(Cc4ccccc4)C3)n1)CCCC2. The Morgan fingerprint density at radius 2 is 1.90 bits per heavy atom. The number of aryl methyl sites for hydroxylation is 1. The number of piperidine rings is 1. The maximum Gasteiger partial charge on any atom is 0.227 e. The van der Waals surface area contributed by atoms with Crippen molar-refractivity contribution < 1.29 is 10.2 Å². The molecule has 0 radical (unpaired) electrons. The van der Waals surface area contributed by atoms with E-state index in [0.29, 0.717) is 19.4 Å². The average Bonchev–Trinajstić information content (AvgIpc) is 2.75. The Balaban J connectivity index is 1.69. The number of hydrogen-bond donors (Lipinski definition) is 2. The van der Waals surface area contributed by atoms with Crippen molar-refractivity contribution in [1.29, 1.82) is 0 Å². The fourth-order valence-electron chi connectivity index (χ4n) is 4.74.